The van der Waals surface area contributed by atoms with E-state index in [4.69, 9.17) is 4.74 Å². The quantitative estimate of drug-likeness (QED) is 0.746. The Morgan fingerprint density at radius 2 is 2.19 bits per heavy atom. The predicted molar refractivity (Wildman–Crippen MR) is 58.4 cm³/mol. The lowest BCUT2D eigenvalue weighted by Gasteiger charge is -2.06. The first-order valence-corrected chi connectivity index (χ1v) is 4.86. The van der Waals surface area contributed by atoms with E-state index >= 15 is 0 Å². The van der Waals surface area contributed by atoms with Crippen molar-refractivity contribution in [2.24, 2.45) is 0 Å². The molecule has 88 valence electrons. The smallest absolute Gasteiger partial charge is 0.307 e. The number of nitrogens with one attached hydrogen (secondary N) is 1. The lowest BCUT2D eigenvalue weighted by Crippen LogP contribution is -2.12. The van der Waals surface area contributed by atoms with Gasteiger partial charge in [-0.3, -0.25) is 4.79 Å². The number of carbonyl (C=O) groups is 1. The molecule has 0 amide bonds. The molecule has 6 nitrogen and oxygen atoms in total. The number of carbonyl (C=O) groups excluding carboxylic acids is 1. The number of hydrogen-bond acceptors (Lipinski definition) is 6. The molecule has 1 rings (SSSR count). The third kappa shape index (κ3) is 3.72. The fourth-order valence-electron chi connectivity index (χ4n) is 1.10. The summed E-state index contributed by atoms with van der Waals surface area (Å²) in [7, 11) is 2.90. The molecule has 0 radical (unpaired) electrons. The molecule has 1 heterocycles. The van der Waals surface area contributed by atoms with Crippen molar-refractivity contribution >= 4 is 11.9 Å². The third-order valence-corrected chi connectivity index (χ3v) is 1.88. The van der Waals surface area contributed by atoms with Gasteiger partial charge in [-0.25, -0.2) is 4.98 Å². The first-order valence-electron chi connectivity index (χ1n) is 4.86. The molecule has 0 aromatic carbocycles. The van der Waals surface area contributed by atoms with Crippen molar-refractivity contribution in [2.75, 3.05) is 26.1 Å². The predicted octanol–water partition coefficient (Wildman–Crippen LogP) is 0.769. The molecule has 0 spiro atoms. The average Bonchev–Trinajstić information content (AvgIpc) is 2.28. The monoisotopic (exact) mass is 225 g/mol. The van der Waals surface area contributed by atoms with Crippen molar-refractivity contribution in [1.29, 1.82) is 0 Å². The van der Waals surface area contributed by atoms with E-state index in [2.05, 4.69) is 20.0 Å². The summed E-state index contributed by atoms with van der Waals surface area (Å²) in [5, 5.41) is 2.92. The minimum absolute atomic E-state index is 0.271. The second kappa shape index (κ2) is 5.89. The number of aromatic nitrogens is 2. The Balaban J connectivity index is 2.53. The Labute approximate surface area is 94.0 Å². The molecule has 0 aliphatic carbocycles. The number of aryl methyl sites for hydroxylation is 1. The van der Waals surface area contributed by atoms with Gasteiger partial charge < -0.3 is 14.8 Å². The fourth-order valence-corrected chi connectivity index (χ4v) is 1.10. The van der Waals surface area contributed by atoms with Gasteiger partial charge in [0.1, 0.15) is 0 Å². The second-order valence-corrected chi connectivity index (χ2v) is 3.13. The highest BCUT2D eigenvalue weighted by atomic mass is 16.5. The first-order chi connectivity index (χ1) is 7.65. The van der Waals surface area contributed by atoms with Gasteiger partial charge in [0, 0.05) is 18.3 Å². The second-order valence-electron chi connectivity index (χ2n) is 3.13. The zero-order chi connectivity index (χ0) is 12.0. The van der Waals surface area contributed by atoms with Crippen LogP contribution >= 0.6 is 0 Å². The zero-order valence-corrected chi connectivity index (χ0v) is 9.61. The molecule has 1 aromatic heterocycles. The molecule has 0 bridgehead atoms. The van der Waals surface area contributed by atoms with Crippen molar-refractivity contribution < 1.29 is 14.3 Å². The number of hydrogen-bond donors (Lipinski definition) is 1. The Bertz CT molecular complexity index is 368. The van der Waals surface area contributed by atoms with Crippen molar-refractivity contribution in [1.82, 2.24) is 9.97 Å². The largest absolute Gasteiger partial charge is 0.481 e. The van der Waals surface area contributed by atoms with Crippen LogP contribution in [0, 0.1) is 6.92 Å². The molecule has 0 aliphatic heterocycles. The van der Waals surface area contributed by atoms with E-state index in [0.29, 0.717) is 18.4 Å². The summed E-state index contributed by atoms with van der Waals surface area (Å²) >= 11 is 0. The van der Waals surface area contributed by atoms with Crippen LogP contribution in [-0.4, -0.2) is 36.7 Å². The average molecular weight is 225 g/mol. The summed E-state index contributed by atoms with van der Waals surface area (Å²) in [4.78, 5) is 19.1. The Morgan fingerprint density at radius 1 is 1.44 bits per heavy atom. The minimum Gasteiger partial charge on any atom is -0.481 e. The van der Waals surface area contributed by atoms with E-state index < -0.39 is 0 Å². The Hall–Kier alpha value is -1.85. The van der Waals surface area contributed by atoms with E-state index in [9.17, 15) is 4.79 Å². The molecule has 0 aliphatic rings. The van der Waals surface area contributed by atoms with Gasteiger partial charge in [-0.05, 0) is 6.92 Å². The van der Waals surface area contributed by atoms with Crippen LogP contribution in [0.4, 0.5) is 5.95 Å². The van der Waals surface area contributed by atoms with Crippen LogP contribution in [-0.2, 0) is 9.53 Å². The van der Waals surface area contributed by atoms with E-state index in [1.54, 1.807) is 13.2 Å². The number of nitrogens with zero attached hydrogens (tertiary/aromatic N) is 2. The summed E-state index contributed by atoms with van der Waals surface area (Å²) in [5.74, 6) is 0.668. The Morgan fingerprint density at radius 3 is 2.81 bits per heavy atom. The van der Waals surface area contributed by atoms with Gasteiger partial charge in [0.15, 0.2) is 0 Å². The molecule has 0 unspecified atom stereocenters. The normalized spacial score (nSPS) is 9.69. The summed E-state index contributed by atoms with van der Waals surface area (Å²) in [6.07, 6.45) is 0.274. The lowest BCUT2D eigenvalue weighted by atomic mass is 10.4. The van der Waals surface area contributed by atoms with E-state index in [1.165, 1.54) is 7.11 Å². The molecule has 1 N–H and O–H groups in total. The van der Waals surface area contributed by atoms with Gasteiger partial charge in [0.25, 0.3) is 0 Å². The van der Waals surface area contributed by atoms with Gasteiger partial charge in [-0.1, -0.05) is 0 Å². The van der Waals surface area contributed by atoms with Gasteiger partial charge in [-0.15, -0.1) is 0 Å². The first kappa shape index (κ1) is 12.2. The maximum absolute atomic E-state index is 10.9. The summed E-state index contributed by atoms with van der Waals surface area (Å²) in [5.41, 5.74) is 0.799. The highest BCUT2D eigenvalue weighted by Gasteiger charge is 2.03. The van der Waals surface area contributed by atoms with E-state index in [-0.39, 0.29) is 12.4 Å². The molecular weight excluding hydrogens is 210 g/mol. The topological polar surface area (TPSA) is 73.3 Å². The van der Waals surface area contributed by atoms with Crippen LogP contribution < -0.4 is 10.1 Å². The SMILES string of the molecule is COC(=O)CCNc1nc(C)cc(OC)n1. The number of methoxy groups -OCH3 is 2. The maximum Gasteiger partial charge on any atom is 0.307 e. The lowest BCUT2D eigenvalue weighted by molar-refractivity contribution is -0.140. The summed E-state index contributed by atoms with van der Waals surface area (Å²) in [6, 6.07) is 1.73. The van der Waals surface area contributed by atoms with Crippen molar-refractivity contribution in [2.45, 2.75) is 13.3 Å². The molecule has 0 atom stereocenters. The number of anilines is 1. The van der Waals surface area contributed by atoms with E-state index in [0.717, 1.165) is 5.69 Å². The minimum atomic E-state index is -0.271. The van der Waals surface area contributed by atoms with Crippen LogP contribution in [0.3, 0.4) is 0 Å². The molecule has 1 aromatic rings. The van der Waals surface area contributed by atoms with Crippen molar-refractivity contribution in [3.63, 3.8) is 0 Å². The molecule has 0 saturated heterocycles. The highest BCUT2D eigenvalue weighted by molar-refractivity contribution is 5.69. The van der Waals surface area contributed by atoms with Crippen LogP contribution in [0.2, 0.25) is 0 Å². The van der Waals surface area contributed by atoms with Gasteiger partial charge in [-0.2, -0.15) is 4.98 Å². The van der Waals surface area contributed by atoms with Crippen LogP contribution in [0.1, 0.15) is 12.1 Å². The molecular formula is C10H15N3O3. The number of rotatable bonds is 5. The van der Waals surface area contributed by atoms with Gasteiger partial charge in [0.2, 0.25) is 11.8 Å². The molecule has 6 heteroatoms. The third-order valence-electron chi connectivity index (χ3n) is 1.88. The van der Waals surface area contributed by atoms with Crippen molar-refractivity contribution in [3.8, 4) is 5.88 Å². The Kier molecular flexibility index (Phi) is 4.50. The summed E-state index contributed by atoms with van der Waals surface area (Å²) in [6.45, 7) is 2.27. The fraction of sp³-hybridized carbons (Fsp3) is 0.500. The van der Waals surface area contributed by atoms with Crippen LogP contribution in [0.5, 0.6) is 5.88 Å². The number of ether oxygens (including phenoxy) is 2. The van der Waals surface area contributed by atoms with Crippen LogP contribution in [0.15, 0.2) is 6.07 Å². The molecule has 16 heavy (non-hydrogen) atoms. The van der Waals surface area contributed by atoms with Crippen molar-refractivity contribution in [3.05, 3.63) is 11.8 Å². The van der Waals surface area contributed by atoms with E-state index in [1.807, 2.05) is 6.92 Å². The molecule has 0 fully saturated rings. The zero-order valence-electron chi connectivity index (χ0n) is 9.61. The van der Waals surface area contributed by atoms with Crippen LogP contribution in [0.25, 0.3) is 0 Å². The maximum atomic E-state index is 10.9. The number of esters is 1. The standard InChI is InChI=1S/C10H15N3O3/c1-7-6-8(15-2)13-10(12-7)11-5-4-9(14)16-3/h6H,4-5H2,1-3H3,(H,11,12,13). The van der Waals surface area contributed by atoms with Gasteiger partial charge >= 0.3 is 5.97 Å². The molecule has 0 saturated carbocycles. The highest BCUT2D eigenvalue weighted by Crippen LogP contribution is 2.10. The summed E-state index contributed by atoms with van der Waals surface area (Å²) < 4.78 is 9.51. The van der Waals surface area contributed by atoms with Gasteiger partial charge in [0.05, 0.1) is 20.6 Å².